The Bertz CT molecular complexity index is 361. The Morgan fingerprint density at radius 1 is 1.47 bits per heavy atom. The van der Waals surface area contributed by atoms with Crippen LogP contribution in [0, 0.1) is 0 Å². The molecule has 2 aliphatic heterocycles. The zero-order valence-electron chi connectivity index (χ0n) is 8.69. The molecule has 2 unspecified atom stereocenters. The van der Waals surface area contributed by atoms with Gasteiger partial charge in [0.2, 0.25) is 0 Å². The average Bonchev–Trinajstić information content (AvgIpc) is 2.69. The summed E-state index contributed by atoms with van der Waals surface area (Å²) in [5.41, 5.74) is 5.96. The normalized spacial score (nSPS) is 31.8. The Morgan fingerprint density at radius 2 is 2.27 bits per heavy atom. The van der Waals surface area contributed by atoms with Crippen LogP contribution in [0.5, 0.6) is 0 Å². The molecule has 2 atom stereocenters. The number of sulfone groups is 1. The monoisotopic (exact) mass is 231 g/mol. The number of hydrogen-bond donors (Lipinski definition) is 1. The molecule has 1 fully saturated rings. The number of ether oxygens (including phenoxy) is 1. The van der Waals surface area contributed by atoms with E-state index >= 15 is 0 Å². The van der Waals surface area contributed by atoms with Gasteiger partial charge in [-0.2, -0.15) is 0 Å². The standard InChI is InChI=1S/C10H17NO3S/c11-10(8-4-3-6-14-8)9-5-1-2-7-15(9,12)13/h4,9-10H,1-3,5-7,11H2. The maximum absolute atomic E-state index is 11.8. The van der Waals surface area contributed by atoms with Gasteiger partial charge in [-0.05, 0) is 18.9 Å². The van der Waals surface area contributed by atoms with E-state index in [4.69, 9.17) is 10.5 Å². The predicted octanol–water partition coefficient (Wildman–Crippen LogP) is 0.585. The second-order valence-electron chi connectivity index (χ2n) is 4.17. The van der Waals surface area contributed by atoms with E-state index < -0.39 is 21.1 Å². The SMILES string of the molecule is NC(C1=CCCO1)C1CCCCS1(=O)=O. The van der Waals surface area contributed by atoms with Gasteiger partial charge in [0.25, 0.3) is 0 Å². The number of nitrogens with two attached hydrogens (primary N) is 1. The summed E-state index contributed by atoms with van der Waals surface area (Å²) >= 11 is 0. The van der Waals surface area contributed by atoms with Gasteiger partial charge >= 0.3 is 0 Å². The smallest absolute Gasteiger partial charge is 0.155 e. The van der Waals surface area contributed by atoms with Crippen LogP contribution in [-0.4, -0.2) is 32.1 Å². The van der Waals surface area contributed by atoms with Crippen molar-refractivity contribution < 1.29 is 13.2 Å². The third-order valence-electron chi connectivity index (χ3n) is 3.09. The van der Waals surface area contributed by atoms with Crippen molar-refractivity contribution in [3.8, 4) is 0 Å². The first-order valence-electron chi connectivity index (χ1n) is 5.41. The Kier molecular flexibility index (Phi) is 3.02. The van der Waals surface area contributed by atoms with E-state index in [1.165, 1.54) is 0 Å². The first-order chi connectivity index (χ1) is 7.11. The van der Waals surface area contributed by atoms with Gasteiger partial charge in [-0.3, -0.25) is 0 Å². The van der Waals surface area contributed by atoms with Crippen molar-refractivity contribution in [2.45, 2.75) is 37.0 Å². The van der Waals surface area contributed by atoms with Crippen LogP contribution in [0.25, 0.3) is 0 Å². The molecule has 15 heavy (non-hydrogen) atoms. The minimum atomic E-state index is -3.01. The van der Waals surface area contributed by atoms with Gasteiger partial charge in [-0.15, -0.1) is 0 Å². The number of rotatable bonds is 2. The molecular weight excluding hydrogens is 214 g/mol. The lowest BCUT2D eigenvalue weighted by Crippen LogP contribution is -2.44. The van der Waals surface area contributed by atoms with Gasteiger partial charge in [0.15, 0.2) is 9.84 Å². The third-order valence-corrected chi connectivity index (χ3v) is 5.40. The van der Waals surface area contributed by atoms with Crippen LogP contribution in [0.1, 0.15) is 25.7 Å². The third kappa shape index (κ3) is 2.18. The van der Waals surface area contributed by atoms with E-state index in [9.17, 15) is 8.42 Å². The van der Waals surface area contributed by atoms with Crippen LogP contribution in [0.15, 0.2) is 11.8 Å². The minimum absolute atomic E-state index is 0.276. The second kappa shape index (κ2) is 4.14. The molecule has 2 aliphatic rings. The molecule has 2 N–H and O–H groups in total. The highest BCUT2D eigenvalue weighted by Gasteiger charge is 2.36. The van der Waals surface area contributed by atoms with Gasteiger partial charge in [0, 0.05) is 6.42 Å². The first kappa shape index (κ1) is 11.0. The van der Waals surface area contributed by atoms with Crippen LogP contribution in [0.3, 0.4) is 0 Å². The predicted molar refractivity (Wildman–Crippen MR) is 58.1 cm³/mol. The highest BCUT2D eigenvalue weighted by molar-refractivity contribution is 7.92. The molecule has 86 valence electrons. The molecule has 0 spiro atoms. The molecule has 0 aliphatic carbocycles. The van der Waals surface area contributed by atoms with E-state index in [1.807, 2.05) is 6.08 Å². The number of hydrogen-bond acceptors (Lipinski definition) is 4. The molecule has 0 amide bonds. The molecular formula is C10H17NO3S. The molecule has 0 bridgehead atoms. The molecule has 0 aromatic heterocycles. The molecule has 0 saturated carbocycles. The molecule has 1 saturated heterocycles. The average molecular weight is 231 g/mol. The van der Waals surface area contributed by atoms with Gasteiger partial charge in [-0.1, -0.05) is 6.42 Å². The van der Waals surface area contributed by atoms with E-state index in [-0.39, 0.29) is 5.75 Å². The fourth-order valence-corrected chi connectivity index (χ4v) is 4.25. The minimum Gasteiger partial charge on any atom is -0.496 e. The van der Waals surface area contributed by atoms with Gasteiger partial charge < -0.3 is 10.5 Å². The van der Waals surface area contributed by atoms with Crippen molar-refractivity contribution in [3.05, 3.63) is 11.8 Å². The molecule has 5 heteroatoms. The quantitative estimate of drug-likeness (QED) is 0.755. The highest BCUT2D eigenvalue weighted by Crippen LogP contribution is 2.26. The zero-order chi connectivity index (χ0) is 10.9. The summed E-state index contributed by atoms with van der Waals surface area (Å²) in [7, 11) is -3.01. The maximum atomic E-state index is 11.8. The maximum Gasteiger partial charge on any atom is 0.155 e. The lowest BCUT2D eigenvalue weighted by Gasteiger charge is -2.27. The Balaban J connectivity index is 2.14. The molecule has 0 aromatic carbocycles. The van der Waals surface area contributed by atoms with Crippen molar-refractivity contribution in [1.29, 1.82) is 0 Å². The first-order valence-corrected chi connectivity index (χ1v) is 7.13. The fraction of sp³-hybridized carbons (Fsp3) is 0.800. The van der Waals surface area contributed by atoms with E-state index in [2.05, 4.69) is 0 Å². The van der Waals surface area contributed by atoms with E-state index in [1.54, 1.807) is 0 Å². The summed E-state index contributed by atoms with van der Waals surface area (Å²) in [6.07, 6.45) is 5.14. The summed E-state index contributed by atoms with van der Waals surface area (Å²) in [5, 5.41) is -0.435. The van der Waals surface area contributed by atoms with Gasteiger partial charge in [0.1, 0.15) is 5.76 Å². The fourth-order valence-electron chi connectivity index (χ4n) is 2.24. The highest BCUT2D eigenvalue weighted by atomic mass is 32.2. The van der Waals surface area contributed by atoms with Crippen LogP contribution < -0.4 is 5.73 Å². The summed E-state index contributed by atoms with van der Waals surface area (Å²) in [5.74, 6) is 0.948. The molecule has 0 aromatic rings. The summed E-state index contributed by atoms with van der Waals surface area (Å²) in [6, 6.07) is -0.460. The summed E-state index contributed by atoms with van der Waals surface area (Å²) < 4.78 is 29.0. The summed E-state index contributed by atoms with van der Waals surface area (Å²) in [6.45, 7) is 0.635. The van der Waals surface area contributed by atoms with Crippen molar-refractivity contribution in [2.75, 3.05) is 12.4 Å². The van der Waals surface area contributed by atoms with Crippen molar-refractivity contribution in [3.63, 3.8) is 0 Å². The van der Waals surface area contributed by atoms with E-state index in [0.29, 0.717) is 18.8 Å². The molecule has 2 rings (SSSR count). The van der Waals surface area contributed by atoms with Crippen molar-refractivity contribution in [1.82, 2.24) is 0 Å². The van der Waals surface area contributed by atoms with Crippen LogP contribution in [0.4, 0.5) is 0 Å². The van der Waals surface area contributed by atoms with Gasteiger partial charge in [-0.25, -0.2) is 8.42 Å². The largest absolute Gasteiger partial charge is 0.496 e. The van der Waals surface area contributed by atoms with Crippen LogP contribution in [-0.2, 0) is 14.6 Å². The zero-order valence-corrected chi connectivity index (χ0v) is 9.50. The molecule has 0 radical (unpaired) electrons. The van der Waals surface area contributed by atoms with Crippen LogP contribution in [0.2, 0.25) is 0 Å². The Labute approximate surface area is 90.4 Å². The Morgan fingerprint density at radius 3 is 2.87 bits per heavy atom. The van der Waals surface area contributed by atoms with Crippen LogP contribution >= 0.6 is 0 Å². The second-order valence-corrected chi connectivity index (χ2v) is 6.51. The summed E-state index contributed by atoms with van der Waals surface area (Å²) in [4.78, 5) is 0. The van der Waals surface area contributed by atoms with Gasteiger partial charge in [0.05, 0.1) is 23.7 Å². The molecule has 4 nitrogen and oxygen atoms in total. The van der Waals surface area contributed by atoms with Crippen molar-refractivity contribution in [2.24, 2.45) is 5.73 Å². The lowest BCUT2D eigenvalue weighted by molar-refractivity contribution is 0.221. The van der Waals surface area contributed by atoms with Crippen molar-refractivity contribution >= 4 is 9.84 Å². The Hall–Kier alpha value is -0.550. The topological polar surface area (TPSA) is 69.4 Å². The lowest BCUT2D eigenvalue weighted by atomic mass is 10.1. The van der Waals surface area contributed by atoms with E-state index in [0.717, 1.165) is 19.3 Å². The molecule has 2 heterocycles.